The summed E-state index contributed by atoms with van der Waals surface area (Å²) in [5.74, 6) is -1.92. The molecule has 1 fully saturated rings. The summed E-state index contributed by atoms with van der Waals surface area (Å²) < 4.78 is 44.7. The summed E-state index contributed by atoms with van der Waals surface area (Å²) in [7, 11) is 0. The summed E-state index contributed by atoms with van der Waals surface area (Å²) in [5.41, 5.74) is 2.33. The van der Waals surface area contributed by atoms with Gasteiger partial charge >= 0.3 is 0 Å². The molecule has 2 unspecified atom stereocenters. The molecular weight excluding hydrogens is 362 g/mol. The monoisotopic (exact) mass is 388 g/mol. The van der Waals surface area contributed by atoms with E-state index in [2.05, 4.69) is 18.7 Å². The number of halogens is 2. The van der Waals surface area contributed by atoms with Crippen molar-refractivity contribution in [1.82, 2.24) is 0 Å². The van der Waals surface area contributed by atoms with E-state index in [-0.39, 0.29) is 24.2 Å². The Morgan fingerprint density at radius 2 is 1.71 bits per heavy atom. The Bertz CT molecular complexity index is 781. The first-order chi connectivity index (χ1) is 13.6. The highest BCUT2D eigenvalue weighted by molar-refractivity contribution is 5.47. The molecule has 1 aliphatic rings. The lowest BCUT2D eigenvalue weighted by Gasteiger charge is -2.29. The van der Waals surface area contributed by atoms with Crippen LogP contribution >= 0.6 is 0 Å². The summed E-state index contributed by atoms with van der Waals surface area (Å²) in [6, 6.07) is 11.1. The largest absolute Gasteiger partial charge is 0.490 e. The predicted octanol–water partition coefficient (Wildman–Crippen LogP) is 5.74. The van der Waals surface area contributed by atoms with E-state index in [1.54, 1.807) is 0 Å². The standard InChI is InChI=1S/C23H26F2O3/c1-3-13-26-20-11-12-21(23(25)22(20)24)28-15-19-10-9-18(14-27-19)17-7-5-16(4-2)6-8-17/h4-8,11-12,18-19H,2-3,9-10,13-15H2,1H3. The Kier molecular flexibility index (Phi) is 7.04. The van der Waals surface area contributed by atoms with Crippen molar-refractivity contribution in [2.75, 3.05) is 19.8 Å². The second-order valence-electron chi connectivity index (χ2n) is 6.95. The molecule has 0 saturated carbocycles. The first-order valence-corrected chi connectivity index (χ1v) is 9.70. The third kappa shape index (κ3) is 4.90. The summed E-state index contributed by atoms with van der Waals surface area (Å²) in [5, 5.41) is 0. The van der Waals surface area contributed by atoms with Gasteiger partial charge < -0.3 is 14.2 Å². The van der Waals surface area contributed by atoms with Crippen LogP contribution in [0.15, 0.2) is 43.0 Å². The quantitative estimate of drug-likeness (QED) is 0.577. The van der Waals surface area contributed by atoms with Gasteiger partial charge in [0.2, 0.25) is 11.6 Å². The van der Waals surface area contributed by atoms with E-state index in [1.807, 2.05) is 25.1 Å². The number of rotatable bonds is 8. The average Bonchev–Trinajstić information content (AvgIpc) is 2.74. The van der Waals surface area contributed by atoms with Crippen molar-refractivity contribution in [2.24, 2.45) is 0 Å². The summed E-state index contributed by atoms with van der Waals surface area (Å²) in [4.78, 5) is 0. The average molecular weight is 388 g/mol. The highest BCUT2D eigenvalue weighted by Gasteiger charge is 2.24. The minimum Gasteiger partial charge on any atom is -0.490 e. The molecule has 2 aromatic rings. The van der Waals surface area contributed by atoms with E-state index < -0.39 is 11.6 Å². The maximum absolute atomic E-state index is 14.2. The zero-order valence-electron chi connectivity index (χ0n) is 16.1. The number of benzene rings is 2. The maximum atomic E-state index is 14.2. The van der Waals surface area contributed by atoms with Crippen LogP contribution in [-0.2, 0) is 4.74 Å². The molecule has 1 aliphatic heterocycles. The topological polar surface area (TPSA) is 27.7 Å². The van der Waals surface area contributed by atoms with Gasteiger partial charge in [-0.1, -0.05) is 43.8 Å². The van der Waals surface area contributed by atoms with E-state index in [4.69, 9.17) is 14.2 Å². The molecule has 2 aromatic carbocycles. The fraction of sp³-hybridized carbons (Fsp3) is 0.391. The van der Waals surface area contributed by atoms with Gasteiger partial charge in [0.15, 0.2) is 11.5 Å². The van der Waals surface area contributed by atoms with Crippen LogP contribution in [0.4, 0.5) is 8.78 Å². The van der Waals surface area contributed by atoms with Gasteiger partial charge in [-0.2, -0.15) is 8.78 Å². The molecule has 0 amide bonds. The normalized spacial score (nSPS) is 19.2. The molecule has 1 heterocycles. The van der Waals surface area contributed by atoms with Gasteiger partial charge in [-0.25, -0.2) is 0 Å². The van der Waals surface area contributed by atoms with Gasteiger partial charge in [0.05, 0.1) is 19.3 Å². The molecular formula is C23H26F2O3. The van der Waals surface area contributed by atoms with Gasteiger partial charge in [-0.15, -0.1) is 0 Å². The predicted molar refractivity (Wildman–Crippen MR) is 106 cm³/mol. The smallest absolute Gasteiger partial charge is 0.204 e. The maximum Gasteiger partial charge on any atom is 0.204 e. The van der Waals surface area contributed by atoms with Crippen LogP contribution in [0.2, 0.25) is 0 Å². The van der Waals surface area contributed by atoms with Crippen molar-refractivity contribution in [3.8, 4) is 11.5 Å². The van der Waals surface area contributed by atoms with E-state index in [0.29, 0.717) is 19.1 Å². The molecule has 0 spiro atoms. The molecule has 0 bridgehead atoms. The molecule has 2 atom stereocenters. The Labute approximate surface area is 164 Å². The van der Waals surface area contributed by atoms with Crippen LogP contribution in [0.5, 0.6) is 11.5 Å². The van der Waals surface area contributed by atoms with E-state index in [9.17, 15) is 8.78 Å². The Morgan fingerprint density at radius 1 is 1.04 bits per heavy atom. The third-order valence-corrected chi connectivity index (χ3v) is 4.91. The first-order valence-electron chi connectivity index (χ1n) is 9.70. The zero-order chi connectivity index (χ0) is 19.9. The van der Waals surface area contributed by atoms with Crippen LogP contribution < -0.4 is 9.47 Å². The van der Waals surface area contributed by atoms with Crippen molar-refractivity contribution in [3.63, 3.8) is 0 Å². The fourth-order valence-corrected chi connectivity index (χ4v) is 3.24. The van der Waals surface area contributed by atoms with Crippen LogP contribution in [0.1, 0.15) is 43.2 Å². The van der Waals surface area contributed by atoms with Gasteiger partial charge in [-0.05, 0) is 42.5 Å². The lowest BCUT2D eigenvalue weighted by atomic mass is 9.91. The summed E-state index contributed by atoms with van der Waals surface area (Å²) in [6.45, 7) is 6.77. The van der Waals surface area contributed by atoms with Gasteiger partial charge in [0.1, 0.15) is 6.61 Å². The van der Waals surface area contributed by atoms with Crippen molar-refractivity contribution >= 4 is 6.08 Å². The Balaban J connectivity index is 1.51. The molecule has 0 N–H and O–H groups in total. The van der Waals surface area contributed by atoms with Crippen molar-refractivity contribution in [1.29, 1.82) is 0 Å². The van der Waals surface area contributed by atoms with E-state index >= 15 is 0 Å². The Hall–Kier alpha value is -2.40. The summed E-state index contributed by atoms with van der Waals surface area (Å²) in [6.07, 6.45) is 4.16. The lowest BCUT2D eigenvalue weighted by Crippen LogP contribution is -2.29. The molecule has 0 aromatic heterocycles. The van der Waals surface area contributed by atoms with Crippen molar-refractivity contribution in [3.05, 3.63) is 65.7 Å². The molecule has 0 radical (unpaired) electrons. The van der Waals surface area contributed by atoms with Crippen LogP contribution in [0.25, 0.3) is 6.08 Å². The molecule has 5 heteroatoms. The molecule has 28 heavy (non-hydrogen) atoms. The van der Waals surface area contributed by atoms with Crippen LogP contribution in [0.3, 0.4) is 0 Å². The molecule has 0 aliphatic carbocycles. The number of hydrogen-bond donors (Lipinski definition) is 0. The molecule has 3 rings (SSSR count). The van der Waals surface area contributed by atoms with E-state index in [0.717, 1.165) is 24.8 Å². The van der Waals surface area contributed by atoms with Gasteiger partial charge in [0, 0.05) is 5.92 Å². The van der Waals surface area contributed by atoms with E-state index in [1.165, 1.54) is 17.7 Å². The third-order valence-electron chi connectivity index (χ3n) is 4.91. The minimum atomic E-state index is -1.02. The van der Waals surface area contributed by atoms with Gasteiger partial charge in [0.25, 0.3) is 0 Å². The molecule has 150 valence electrons. The van der Waals surface area contributed by atoms with Crippen LogP contribution in [-0.4, -0.2) is 25.9 Å². The zero-order valence-corrected chi connectivity index (χ0v) is 16.1. The molecule has 3 nitrogen and oxygen atoms in total. The van der Waals surface area contributed by atoms with Crippen LogP contribution in [0, 0.1) is 11.6 Å². The minimum absolute atomic E-state index is 0.0917. The fourth-order valence-electron chi connectivity index (χ4n) is 3.24. The highest BCUT2D eigenvalue weighted by Crippen LogP contribution is 2.31. The summed E-state index contributed by atoms with van der Waals surface area (Å²) >= 11 is 0. The van der Waals surface area contributed by atoms with Crippen molar-refractivity contribution < 1.29 is 23.0 Å². The second kappa shape index (κ2) is 9.69. The second-order valence-corrected chi connectivity index (χ2v) is 6.95. The lowest BCUT2D eigenvalue weighted by molar-refractivity contribution is -0.0219. The van der Waals surface area contributed by atoms with Crippen molar-refractivity contribution in [2.45, 2.75) is 38.2 Å². The first kappa shape index (κ1) is 20.3. The number of hydrogen-bond acceptors (Lipinski definition) is 3. The molecule has 1 saturated heterocycles. The number of ether oxygens (including phenoxy) is 3. The highest BCUT2D eigenvalue weighted by atomic mass is 19.2. The van der Waals surface area contributed by atoms with Gasteiger partial charge in [-0.3, -0.25) is 0 Å². The Morgan fingerprint density at radius 3 is 2.29 bits per heavy atom. The SMILES string of the molecule is C=Cc1ccc(C2CCC(COc3ccc(OCCC)c(F)c3F)OC2)cc1.